The number of piperazine rings is 1. The highest BCUT2D eigenvalue weighted by Crippen LogP contribution is 2.35. The van der Waals surface area contributed by atoms with Crippen LogP contribution in [0, 0.1) is 29.0 Å². The van der Waals surface area contributed by atoms with Gasteiger partial charge in [0.05, 0.1) is 17.3 Å². The van der Waals surface area contributed by atoms with Gasteiger partial charge in [0.15, 0.2) is 0 Å². The van der Waals surface area contributed by atoms with Gasteiger partial charge >= 0.3 is 6.18 Å². The minimum Gasteiger partial charge on any atom is -0.367 e. The van der Waals surface area contributed by atoms with Gasteiger partial charge in [0.2, 0.25) is 0 Å². The van der Waals surface area contributed by atoms with E-state index in [2.05, 4.69) is 11.0 Å². The van der Waals surface area contributed by atoms with Gasteiger partial charge in [0, 0.05) is 45.4 Å². The fourth-order valence-corrected chi connectivity index (χ4v) is 5.40. The van der Waals surface area contributed by atoms with Crippen LogP contribution < -0.4 is 4.90 Å². The second kappa shape index (κ2) is 13.2. The molecule has 0 atom stereocenters. The molecule has 1 heterocycles. The lowest BCUT2D eigenvalue weighted by molar-refractivity contribution is -0.137. The Hall–Kier alpha value is -2.14. The molecule has 1 saturated heterocycles. The molecule has 8 heteroatoms. The van der Waals surface area contributed by atoms with Crippen LogP contribution in [-0.4, -0.2) is 43.4 Å². The van der Waals surface area contributed by atoms with Gasteiger partial charge in [0.1, 0.15) is 11.6 Å². The maximum atomic E-state index is 14.2. The van der Waals surface area contributed by atoms with E-state index in [1.807, 2.05) is 0 Å². The molecule has 1 aromatic carbocycles. The van der Waals surface area contributed by atoms with Crippen LogP contribution in [0.4, 0.5) is 23.2 Å². The predicted molar refractivity (Wildman–Crippen MR) is 128 cm³/mol. The van der Waals surface area contributed by atoms with Crippen molar-refractivity contribution < 1.29 is 22.4 Å². The van der Waals surface area contributed by atoms with Gasteiger partial charge < -0.3 is 4.90 Å². The quantitative estimate of drug-likeness (QED) is 0.256. The van der Waals surface area contributed by atoms with Crippen LogP contribution >= 0.6 is 0 Å². The molecule has 0 aromatic heterocycles. The minimum atomic E-state index is -4.47. The molecule has 0 amide bonds. The zero-order chi connectivity index (χ0) is 25.3. The van der Waals surface area contributed by atoms with E-state index < -0.39 is 17.6 Å². The molecule has 3 rings (SSSR count). The molecule has 194 valence electrons. The number of rotatable bonds is 11. The number of ketones is 1. The second-order valence-electron chi connectivity index (χ2n) is 10.1. The van der Waals surface area contributed by atoms with E-state index in [4.69, 9.17) is 5.26 Å². The Morgan fingerprint density at radius 2 is 1.60 bits per heavy atom. The molecule has 2 aliphatic rings. The maximum absolute atomic E-state index is 14.2. The van der Waals surface area contributed by atoms with Crippen LogP contribution in [0.1, 0.15) is 76.2 Å². The zero-order valence-electron chi connectivity index (χ0n) is 20.5. The van der Waals surface area contributed by atoms with E-state index in [0.717, 1.165) is 57.1 Å². The molecule has 4 nitrogen and oxygen atoms in total. The number of nitrogens with zero attached hydrogens (tertiary/aromatic N) is 3. The van der Waals surface area contributed by atoms with Gasteiger partial charge in [-0.2, -0.15) is 18.4 Å². The largest absolute Gasteiger partial charge is 0.416 e. The van der Waals surface area contributed by atoms with Crippen LogP contribution in [0.2, 0.25) is 0 Å². The van der Waals surface area contributed by atoms with Crippen LogP contribution in [0.3, 0.4) is 0 Å². The Bertz CT molecular complexity index is 851. The summed E-state index contributed by atoms with van der Waals surface area (Å²) >= 11 is 0. The molecule has 0 radical (unpaired) electrons. The molecule has 1 aromatic rings. The molecule has 1 aliphatic carbocycles. The zero-order valence-corrected chi connectivity index (χ0v) is 20.5. The number of unbranched alkanes of at least 4 members (excludes halogenated alkanes) is 1. The molecule has 0 N–H and O–H groups in total. The third-order valence-electron chi connectivity index (χ3n) is 7.62. The Labute approximate surface area is 206 Å². The number of carbonyl (C=O) groups excluding carboxylic acids is 1. The lowest BCUT2D eigenvalue weighted by Crippen LogP contribution is -2.47. The molecule has 1 aliphatic heterocycles. The van der Waals surface area contributed by atoms with Crippen molar-refractivity contribution in [3.05, 3.63) is 29.6 Å². The second-order valence-corrected chi connectivity index (χ2v) is 10.1. The number of Topliss-reactive ketones (excluding diaryl/α,β-unsaturated/α-hetero) is 1. The first-order valence-electron chi connectivity index (χ1n) is 13.0. The van der Waals surface area contributed by atoms with Crippen molar-refractivity contribution in [2.24, 2.45) is 11.8 Å². The molecule has 0 spiro atoms. The summed E-state index contributed by atoms with van der Waals surface area (Å²) < 4.78 is 53.2. The van der Waals surface area contributed by atoms with Crippen LogP contribution in [0.5, 0.6) is 0 Å². The number of hydrogen-bond acceptors (Lipinski definition) is 4. The monoisotopic (exact) mass is 495 g/mol. The SMILES string of the molecule is N#CCCCC(=O)CCCC1CCC(CCN2CCN(c3cc(C(F)(F)F)ccc3F)CC2)CC1. The number of nitriles is 1. The smallest absolute Gasteiger partial charge is 0.367 e. The molecule has 2 fully saturated rings. The summed E-state index contributed by atoms with van der Waals surface area (Å²) in [5.74, 6) is 1.10. The number of hydrogen-bond donors (Lipinski definition) is 0. The van der Waals surface area contributed by atoms with Gasteiger partial charge in [-0.25, -0.2) is 4.39 Å². The van der Waals surface area contributed by atoms with Crippen molar-refractivity contribution in [2.45, 2.75) is 76.8 Å². The van der Waals surface area contributed by atoms with Gasteiger partial charge in [-0.3, -0.25) is 9.69 Å². The fraction of sp³-hybridized carbons (Fsp3) is 0.704. The molecule has 35 heavy (non-hydrogen) atoms. The predicted octanol–water partition coefficient (Wildman–Crippen LogP) is 6.60. The summed E-state index contributed by atoms with van der Waals surface area (Å²) in [6.07, 6.45) is 5.91. The average molecular weight is 496 g/mol. The Kier molecular flexibility index (Phi) is 10.4. The first-order chi connectivity index (χ1) is 16.8. The van der Waals surface area contributed by atoms with Crippen LogP contribution in [-0.2, 0) is 11.0 Å². The van der Waals surface area contributed by atoms with E-state index in [9.17, 15) is 22.4 Å². The highest BCUT2D eigenvalue weighted by Gasteiger charge is 2.32. The third kappa shape index (κ3) is 8.79. The molecular weight excluding hydrogens is 458 g/mol. The average Bonchev–Trinajstić information content (AvgIpc) is 2.84. The summed E-state index contributed by atoms with van der Waals surface area (Å²) in [7, 11) is 0. The Morgan fingerprint density at radius 1 is 0.971 bits per heavy atom. The summed E-state index contributed by atoms with van der Waals surface area (Å²) in [5.41, 5.74) is -0.768. The minimum absolute atomic E-state index is 0.0432. The van der Waals surface area contributed by atoms with Crippen molar-refractivity contribution >= 4 is 11.5 Å². The van der Waals surface area contributed by atoms with Crippen molar-refractivity contribution in [1.82, 2.24) is 4.90 Å². The summed E-state index contributed by atoms with van der Waals surface area (Å²) in [6.45, 7) is 3.49. The number of benzene rings is 1. The van der Waals surface area contributed by atoms with E-state index in [1.165, 1.54) is 25.7 Å². The first kappa shape index (κ1) is 27.4. The molecular formula is C27H37F4N3O. The third-order valence-corrected chi connectivity index (χ3v) is 7.62. The van der Waals surface area contributed by atoms with E-state index in [0.29, 0.717) is 50.6 Å². The van der Waals surface area contributed by atoms with Gasteiger partial charge in [-0.15, -0.1) is 0 Å². The van der Waals surface area contributed by atoms with E-state index in [1.54, 1.807) is 4.90 Å². The lowest BCUT2D eigenvalue weighted by atomic mass is 9.78. The molecule has 1 saturated carbocycles. The maximum Gasteiger partial charge on any atom is 0.416 e. The summed E-state index contributed by atoms with van der Waals surface area (Å²) in [5, 5.41) is 8.54. The summed E-state index contributed by atoms with van der Waals surface area (Å²) in [4.78, 5) is 15.9. The number of alkyl halides is 3. The van der Waals surface area contributed by atoms with E-state index >= 15 is 0 Å². The lowest BCUT2D eigenvalue weighted by Gasteiger charge is -2.37. The normalized spacial score (nSPS) is 21.6. The summed E-state index contributed by atoms with van der Waals surface area (Å²) in [6, 6.07) is 4.71. The first-order valence-corrected chi connectivity index (χ1v) is 13.0. The number of anilines is 1. The van der Waals surface area contributed by atoms with Crippen molar-refractivity contribution in [3.8, 4) is 6.07 Å². The van der Waals surface area contributed by atoms with Crippen molar-refractivity contribution in [2.75, 3.05) is 37.6 Å². The number of carbonyl (C=O) groups is 1. The standard InChI is InChI=1S/C27H37F4N3O/c28-25-12-11-23(27(29,30)31)20-26(25)34-18-16-33(17-19-34)15-13-22-9-7-21(8-10-22)4-3-6-24(35)5-1-2-14-32/h11-12,20-22H,1-10,13,15-19H2. The van der Waals surface area contributed by atoms with Gasteiger partial charge in [0.25, 0.3) is 0 Å². The van der Waals surface area contributed by atoms with E-state index in [-0.39, 0.29) is 11.5 Å². The van der Waals surface area contributed by atoms with Crippen molar-refractivity contribution in [3.63, 3.8) is 0 Å². The number of halogens is 4. The fourth-order valence-electron chi connectivity index (χ4n) is 5.40. The molecule has 0 bridgehead atoms. The van der Waals surface area contributed by atoms with Crippen LogP contribution in [0.15, 0.2) is 18.2 Å². The van der Waals surface area contributed by atoms with Crippen molar-refractivity contribution in [1.29, 1.82) is 5.26 Å². The Balaban J connectivity index is 1.31. The van der Waals surface area contributed by atoms with Crippen LogP contribution in [0.25, 0.3) is 0 Å². The highest BCUT2D eigenvalue weighted by atomic mass is 19.4. The molecule has 0 unspecified atom stereocenters. The van der Waals surface area contributed by atoms with Gasteiger partial charge in [-0.05, 0) is 55.8 Å². The van der Waals surface area contributed by atoms with Gasteiger partial charge in [-0.1, -0.05) is 32.1 Å². The Morgan fingerprint density at radius 3 is 2.23 bits per heavy atom. The topological polar surface area (TPSA) is 47.3 Å². The highest BCUT2D eigenvalue weighted by molar-refractivity contribution is 5.78.